The van der Waals surface area contributed by atoms with E-state index in [1.54, 1.807) is 18.2 Å². The zero-order valence-electron chi connectivity index (χ0n) is 14.5. The molecule has 8 heteroatoms. The van der Waals surface area contributed by atoms with Crippen molar-refractivity contribution in [1.82, 2.24) is 9.88 Å². The first-order valence-electron chi connectivity index (χ1n) is 8.47. The highest BCUT2D eigenvalue weighted by Gasteiger charge is 2.22. The second-order valence-electron chi connectivity index (χ2n) is 6.12. The van der Waals surface area contributed by atoms with Crippen molar-refractivity contribution in [2.75, 3.05) is 48.7 Å². The van der Waals surface area contributed by atoms with Gasteiger partial charge in [-0.05, 0) is 30.8 Å². The first kappa shape index (κ1) is 18.8. The lowest BCUT2D eigenvalue weighted by molar-refractivity contribution is 0.102. The van der Waals surface area contributed by atoms with Crippen molar-refractivity contribution in [2.24, 2.45) is 0 Å². The van der Waals surface area contributed by atoms with E-state index in [1.807, 2.05) is 6.07 Å². The average molecular weight is 394 g/mol. The van der Waals surface area contributed by atoms with Crippen LogP contribution in [-0.4, -0.2) is 48.5 Å². The fourth-order valence-electron chi connectivity index (χ4n) is 2.99. The topological polar surface area (TPSA) is 74.5 Å². The maximum Gasteiger partial charge on any atom is 0.259 e. The molecule has 1 saturated heterocycles. The third kappa shape index (κ3) is 4.20. The highest BCUT2D eigenvalue weighted by Crippen LogP contribution is 2.32. The summed E-state index contributed by atoms with van der Waals surface area (Å²) in [6.45, 7) is 6.78. The molecule has 3 N–H and O–H groups in total. The van der Waals surface area contributed by atoms with Gasteiger partial charge in [0, 0.05) is 37.4 Å². The Balaban J connectivity index is 1.82. The molecule has 0 spiro atoms. The van der Waals surface area contributed by atoms with Gasteiger partial charge >= 0.3 is 0 Å². The molecule has 1 aromatic heterocycles. The summed E-state index contributed by atoms with van der Waals surface area (Å²) in [4.78, 5) is 21.3. The number of nitrogens with zero attached hydrogens (tertiary/aromatic N) is 3. The minimum Gasteiger partial charge on any atom is -0.396 e. The first-order chi connectivity index (χ1) is 12.5. The van der Waals surface area contributed by atoms with Gasteiger partial charge in [-0.15, -0.1) is 0 Å². The fourth-order valence-corrected chi connectivity index (χ4v) is 3.32. The number of nitrogens with one attached hydrogen (secondary N) is 1. The fraction of sp³-hybridized carbons (Fsp3) is 0.333. The number of aromatic nitrogens is 1. The number of nitrogen functional groups attached to an aromatic ring is 1. The Morgan fingerprint density at radius 3 is 2.54 bits per heavy atom. The molecule has 26 heavy (non-hydrogen) atoms. The summed E-state index contributed by atoms with van der Waals surface area (Å²) in [5.74, 6) is 0.0464. The van der Waals surface area contributed by atoms with Crippen molar-refractivity contribution in [2.45, 2.75) is 6.92 Å². The summed E-state index contributed by atoms with van der Waals surface area (Å²) >= 11 is 12.1. The maximum absolute atomic E-state index is 12.7. The molecule has 2 heterocycles. The second kappa shape index (κ2) is 8.12. The monoisotopic (exact) mass is 393 g/mol. The molecule has 1 fully saturated rings. The van der Waals surface area contributed by atoms with Gasteiger partial charge in [-0.1, -0.05) is 30.1 Å². The molecule has 1 aliphatic rings. The van der Waals surface area contributed by atoms with Crippen molar-refractivity contribution in [3.63, 3.8) is 0 Å². The molecule has 1 amide bonds. The molecule has 1 aromatic carbocycles. The Morgan fingerprint density at radius 1 is 1.19 bits per heavy atom. The quantitative estimate of drug-likeness (QED) is 0.778. The summed E-state index contributed by atoms with van der Waals surface area (Å²) in [6.07, 6.45) is 1.47. The molecule has 0 saturated carbocycles. The lowest BCUT2D eigenvalue weighted by Crippen LogP contribution is -2.46. The van der Waals surface area contributed by atoms with E-state index in [2.05, 4.69) is 27.0 Å². The third-order valence-electron chi connectivity index (χ3n) is 4.50. The molecule has 0 bridgehead atoms. The first-order valence-corrected chi connectivity index (χ1v) is 9.22. The van der Waals surface area contributed by atoms with E-state index < -0.39 is 0 Å². The SMILES string of the molecule is CCN1CCN(c2cc(Cl)cc(C(=O)Nc3ccc(Cl)cn3)c2N)CC1. The van der Waals surface area contributed by atoms with Crippen LogP contribution < -0.4 is 16.0 Å². The lowest BCUT2D eigenvalue weighted by Gasteiger charge is -2.36. The molecule has 2 aromatic rings. The van der Waals surface area contributed by atoms with Gasteiger partial charge in [0.25, 0.3) is 5.91 Å². The van der Waals surface area contributed by atoms with Crippen LogP contribution in [0.3, 0.4) is 0 Å². The number of benzene rings is 1. The highest BCUT2D eigenvalue weighted by atomic mass is 35.5. The lowest BCUT2D eigenvalue weighted by atomic mass is 10.1. The number of likely N-dealkylation sites (N-methyl/N-ethyl adjacent to an activating group) is 1. The van der Waals surface area contributed by atoms with E-state index in [0.29, 0.717) is 27.1 Å². The Labute approximate surface area is 162 Å². The van der Waals surface area contributed by atoms with Gasteiger partial charge in [0.15, 0.2) is 0 Å². The normalized spacial score (nSPS) is 15.1. The molecule has 0 aliphatic carbocycles. The predicted octanol–water partition coefficient (Wildman–Crippen LogP) is 3.36. The van der Waals surface area contributed by atoms with Crippen LogP contribution in [0, 0.1) is 0 Å². The number of amides is 1. The summed E-state index contributed by atoms with van der Waals surface area (Å²) < 4.78 is 0. The second-order valence-corrected chi connectivity index (χ2v) is 7.00. The van der Waals surface area contributed by atoms with Gasteiger partial charge in [-0.3, -0.25) is 4.79 Å². The molecule has 0 radical (unpaired) electrons. The molecular weight excluding hydrogens is 373 g/mol. The van der Waals surface area contributed by atoms with Crippen LogP contribution in [0.1, 0.15) is 17.3 Å². The van der Waals surface area contributed by atoms with Crippen LogP contribution >= 0.6 is 23.2 Å². The van der Waals surface area contributed by atoms with Crippen LogP contribution in [0.15, 0.2) is 30.5 Å². The zero-order valence-corrected chi connectivity index (χ0v) is 16.0. The maximum atomic E-state index is 12.7. The summed E-state index contributed by atoms with van der Waals surface area (Å²) in [6, 6.07) is 6.68. The smallest absolute Gasteiger partial charge is 0.259 e. The van der Waals surface area contributed by atoms with Crippen molar-refractivity contribution in [1.29, 1.82) is 0 Å². The molecule has 3 rings (SSSR count). The summed E-state index contributed by atoms with van der Waals surface area (Å²) in [5.41, 5.74) is 7.86. The number of hydrogen-bond acceptors (Lipinski definition) is 5. The zero-order chi connectivity index (χ0) is 18.7. The van der Waals surface area contributed by atoms with Crippen LogP contribution in [0.25, 0.3) is 0 Å². The number of anilines is 3. The van der Waals surface area contributed by atoms with E-state index in [1.165, 1.54) is 6.20 Å². The van der Waals surface area contributed by atoms with Gasteiger partial charge in [0.05, 0.1) is 22.0 Å². The largest absolute Gasteiger partial charge is 0.396 e. The van der Waals surface area contributed by atoms with Crippen LogP contribution in [0.4, 0.5) is 17.2 Å². The van der Waals surface area contributed by atoms with Gasteiger partial charge in [-0.2, -0.15) is 0 Å². The number of hydrogen-bond donors (Lipinski definition) is 2. The summed E-state index contributed by atoms with van der Waals surface area (Å²) in [7, 11) is 0. The van der Waals surface area contributed by atoms with Gasteiger partial charge in [0.2, 0.25) is 0 Å². The molecule has 0 unspecified atom stereocenters. The van der Waals surface area contributed by atoms with Gasteiger partial charge < -0.3 is 20.9 Å². The predicted molar refractivity (Wildman–Crippen MR) is 107 cm³/mol. The molecule has 138 valence electrons. The van der Waals surface area contributed by atoms with E-state index in [0.717, 1.165) is 38.4 Å². The van der Waals surface area contributed by atoms with Crippen LogP contribution in [0.2, 0.25) is 10.0 Å². The molecular formula is C18H21Cl2N5O. The van der Waals surface area contributed by atoms with E-state index >= 15 is 0 Å². The number of rotatable bonds is 4. The number of carbonyl (C=O) groups excluding carboxylic acids is 1. The van der Waals surface area contributed by atoms with Crippen LogP contribution in [-0.2, 0) is 0 Å². The standard InChI is InChI=1S/C18H21Cl2N5O/c1-2-24-5-7-25(8-6-24)15-10-13(20)9-14(17(15)21)18(26)23-16-4-3-12(19)11-22-16/h3-4,9-11H,2,5-8,21H2,1H3,(H,22,23,26). The van der Waals surface area contributed by atoms with Crippen molar-refractivity contribution in [3.8, 4) is 0 Å². The minimum atomic E-state index is -0.353. The average Bonchev–Trinajstić information content (AvgIpc) is 2.65. The number of piperazine rings is 1. The molecule has 1 aliphatic heterocycles. The van der Waals surface area contributed by atoms with E-state index in [-0.39, 0.29) is 5.91 Å². The molecule has 6 nitrogen and oxygen atoms in total. The molecule has 0 atom stereocenters. The third-order valence-corrected chi connectivity index (χ3v) is 4.94. The van der Waals surface area contributed by atoms with Crippen LogP contribution in [0.5, 0.6) is 0 Å². The Bertz CT molecular complexity index is 789. The number of nitrogens with two attached hydrogens (primary N) is 1. The van der Waals surface area contributed by atoms with E-state index in [9.17, 15) is 4.79 Å². The summed E-state index contributed by atoms with van der Waals surface area (Å²) in [5, 5.41) is 3.70. The van der Waals surface area contributed by atoms with Crippen molar-refractivity contribution < 1.29 is 4.79 Å². The Kier molecular flexibility index (Phi) is 5.86. The van der Waals surface area contributed by atoms with Gasteiger partial charge in [0.1, 0.15) is 5.82 Å². The van der Waals surface area contributed by atoms with Crippen molar-refractivity contribution in [3.05, 3.63) is 46.1 Å². The number of pyridine rings is 1. The van der Waals surface area contributed by atoms with Crippen molar-refractivity contribution >= 4 is 46.3 Å². The Hall–Kier alpha value is -2.02. The minimum absolute atomic E-state index is 0.335. The van der Waals surface area contributed by atoms with Gasteiger partial charge in [-0.25, -0.2) is 4.98 Å². The highest BCUT2D eigenvalue weighted by molar-refractivity contribution is 6.32. The Morgan fingerprint density at radius 2 is 1.92 bits per heavy atom. The number of halogens is 2. The number of carbonyl (C=O) groups is 1. The van der Waals surface area contributed by atoms with E-state index in [4.69, 9.17) is 28.9 Å².